The Morgan fingerprint density at radius 1 is 1.09 bits per heavy atom. The fourth-order valence-electron chi connectivity index (χ4n) is 2.59. The van der Waals surface area contributed by atoms with Crippen molar-refractivity contribution < 1.29 is 26.8 Å². The highest BCUT2D eigenvalue weighted by molar-refractivity contribution is 5.85. The molecule has 1 heterocycles. The van der Waals surface area contributed by atoms with Gasteiger partial charge < -0.3 is 26.8 Å². The van der Waals surface area contributed by atoms with Gasteiger partial charge in [-0.05, 0) is 17.7 Å². The van der Waals surface area contributed by atoms with E-state index < -0.39 is 0 Å². The first kappa shape index (κ1) is 17.1. The Balaban J connectivity index is 0.00000192. The molecule has 2 aromatic carbocycles. The molecule has 0 aliphatic heterocycles. The van der Waals surface area contributed by atoms with Crippen LogP contribution in [-0.2, 0) is 6.54 Å². The minimum absolute atomic E-state index is 0. The molecule has 0 unspecified atom stereocenters. The minimum Gasteiger partial charge on any atom is -1.00 e. The molecular formula is C18H18ClNO3. The summed E-state index contributed by atoms with van der Waals surface area (Å²) in [6, 6.07) is 12.6. The summed E-state index contributed by atoms with van der Waals surface area (Å²) in [4.78, 5) is 13.9. The second kappa shape index (κ2) is 6.86. The van der Waals surface area contributed by atoms with Gasteiger partial charge in [0, 0.05) is 0 Å². The predicted molar refractivity (Wildman–Crippen MR) is 86.1 cm³/mol. The van der Waals surface area contributed by atoms with Gasteiger partial charge in [0.15, 0.2) is 0 Å². The lowest BCUT2D eigenvalue weighted by molar-refractivity contribution is -0.872. The highest BCUT2D eigenvalue weighted by atomic mass is 35.5. The smallest absolute Gasteiger partial charge is 0.200 e. The highest BCUT2D eigenvalue weighted by Gasteiger charge is 2.16. The van der Waals surface area contributed by atoms with E-state index >= 15 is 0 Å². The molecule has 0 saturated carbocycles. The minimum atomic E-state index is -0.0811. The molecule has 0 fully saturated rings. The number of fused-ring (bicyclic) bond motifs is 1. The largest absolute Gasteiger partial charge is 1.00 e. The van der Waals surface area contributed by atoms with Gasteiger partial charge in [-0.25, -0.2) is 0 Å². The van der Waals surface area contributed by atoms with E-state index in [4.69, 9.17) is 4.42 Å². The molecule has 0 atom stereocenters. The van der Waals surface area contributed by atoms with E-state index in [9.17, 15) is 9.90 Å². The zero-order valence-electron chi connectivity index (χ0n) is 13.0. The van der Waals surface area contributed by atoms with Gasteiger partial charge in [0.05, 0.1) is 30.6 Å². The van der Waals surface area contributed by atoms with Gasteiger partial charge in [0.25, 0.3) is 0 Å². The van der Waals surface area contributed by atoms with Crippen molar-refractivity contribution in [3.05, 3.63) is 64.5 Å². The van der Waals surface area contributed by atoms with E-state index in [-0.39, 0.29) is 23.6 Å². The van der Waals surface area contributed by atoms with Gasteiger partial charge in [-0.1, -0.05) is 30.3 Å². The zero-order valence-corrected chi connectivity index (χ0v) is 13.7. The van der Waals surface area contributed by atoms with Crippen LogP contribution in [0.4, 0.5) is 0 Å². The second-order valence-electron chi connectivity index (χ2n) is 5.67. The maximum Gasteiger partial charge on any atom is 0.200 e. The number of halogens is 1. The van der Waals surface area contributed by atoms with Gasteiger partial charge in [-0.2, -0.15) is 0 Å². The van der Waals surface area contributed by atoms with Crippen LogP contribution in [0.2, 0.25) is 0 Å². The molecule has 0 spiro atoms. The molecule has 0 saturated heterocycles. The number of benzene rings is 2. The Morgan fingerprint density at radius 3 is 2.43 bits per heavy atom. The standard InChI is InChI=1S/C18H17NO3.ClH/c1-19(2)10-14-16(20)9-8-13-17(21)15(11-22-18(13)14)12-6-4-3-5-7-12;/h3-9,11,20H,10H2,1-2H3;1H. The summed E-state index contributed by atoms with van der Waals surface area (Å²) in [6.07, 6.45) is 1.48. The topological polar surface area (TPSA) is 54.9 Å². The summed E-state index contributed by atoms with van der Waals surface area (Å²) in [5.41, 5.74) is 2.40. The molecule has 23 heavy (non-hydrogen) atoms. The molecule has 0 aliphatic carbocycles. The number of phenolic OH excluding ortho intramolecular Hbond substituents is 1. The van der Waals surface area contributed by atoms with Crippen LogP contribution in [-0.4, -0.2) is 19.2 Å². The molecule has 0 aliphatic rings. The summed E-state index contributed by atoms with van der Waals surface area (Å²) in [5, 5.41) is 10.6. The van der Waals surface area contributed by atoms with Gasteiger partial charge >= 0.3 is 0 Å². The third-order valence-corrected chi connectivity index (χ3v) is 3.63. The van der Waals surface area contributed by atoms with E-state index in [0.717, 1.165) is 10.5 Å². The monoisotopic (exact) mass is 331 g/mol. The van der Waals surface area contributed by atoms with Crippen molar-refractivity contribution in [2.24, 2.45) is 0 Å². The normalized spacial score (nSPS) is 10.7. The lowest BCUT2D eigenvalue weighted by Gasteiger charge is -2.11. The molecule has 1 aromatic heterocycles. The Hall–Kier alpha value is -2.30. The number of rotatable bonds is 3. The molecular weight excluding hydrogens is 314 g/mol. The van der Waals surface area contributed by atoms with Crippen molar-refractivity contribution in [3.63, 3.8) is 0 Å². The third-order valence-electron chi connectivity index (χ3n) is 3.63. The van der Waals surface area contributed by atoms with E-state index in [2.05, 4.69) is 0 Å². The third kappa shape index (κ3) is 3.23. The van der Waals surface area contributed by atoms with Gasteiger partial charge in [0.1, 0.15) is 24.1 Å². The number of phenols is 1. The molecule has 0 amide bonds. The van der Waals surface area contributed by atoms with Gasteiger partial charge in [0.2, 0.25) is 5.43 Å². The summed E-state index contributed by atoms with van der Waals surface area (Å²) in [6.45, 7) is 0.580. The maximum absolute atomic E-state index is 12.7. The summed E-state index contributed by atoms with van der Waals surface area (Å²) < 4.78 is 5.72. The molecule has 2 N–H and O–H groups in total. The fraction of sp³-hybridized carbons (Fsp3) is 0.167. The molecule has 0 radical (unpaired) electrons. The van der Waals surface area contributed by atoms with Crippen molar-refractivity contribution in [2.45, 2.75) is 6.54 Å². The van der Waals surface area contributed by atoms with Crippen molar-refractivity contribution >= 4 is 11.0 Å². The quantitative estimate of drug-likeness (QED) is 0.635. The predicted octanol–water partition coefficient (Wildman–Crippen LogP) is -1.19. The number of nitrogens with one attached hydrogen (secondary N) is 1. The van der Waals surface area contributed by atoms with Gasteiger partial charge in [-0.3, -0.25) is 4.79 Å². The summed E-state index contributed by atoms with van der Waals surface area (Å²) >= 11 is 0. The van der Waals surface area contributed by atoms with Gasteiger partial charge in [-0.15, -0.1) is 0 Å². The number of hydrogen-bond donors (Lipinski definition) is 2. The lowest BCUT2D eigenvalue weighted by atomic mass is 10.0. The van der Waals surface area contributed by atoms with Crippen LogP contribution >= 0.6 is 0 Å². The van der Waals surface area contributed by atoms with Crippen molar-refractivity contribution in [3.8, 4) is 16.9 Å². The SMILES string of the molecule is C[NH+](C)Cc1c(O)ccc2c(=O)c(-c3ccccc3)coc12.[Cl-]. The molecule has 5 heteroatoms. The Bertz CT molecular complexity index is 873. The Labute approximate surface area is 140 Å². The van der Waals surface area contributed by atoms with Crippen LogP contribution in [0.1, 0.15) is 5.56 Å². The van der Waals surface area contributed by atoms with Crippen LogP contribution in [0.15, 0.2) is 57.9 Å². The molecule has 0 bridgehead atoms. The molecule has 3 rings (SSSR count). The van der Waals surface area contributed by atoms with E-state index in [1.54, 1.807) is 12.1 Å². The second-order valence-corrected chi connectivity index (χ2v) is 5.67. The highest BCUT2D eigenvalue weighted by Crippen LogP contribution is 2.27. The molecule has 4 nitrogen and oxygen atoms in total. The van der Waals surface area contributed by atoms with Crippen molar-refractivity contribution in [1.82, 2.24) is 0 Å². The molecule has 3 aromatic rings. The number of quaternary nitrogens is 1. The van der Waals surface area contributed by atoms with Crippen LogP contribution < -0.4 is 22.7 Å². The number of aromatic hydroxyl groups is 1. The molecule has 120 valence electrons. The Morgan fingerprint density at radius 2 is 1.78 bits per heavy atom. The lowest BCUT2D eigenvalue weighted by Crippen LogP contribution is -3.04. The first-order valence-electron chi connectivity index (χ1n) is 7.18. The first-order chi connectivity index (χ1) is 10.6. The average molecular weight is 332 g/mol. The van der Waals surface area contributed by atoms with Crippen LogP contribution in [0.5, 0.6) is 5.75 Å². The van der Waals surface area contributed by atoms with Crippen LogP contribution in [0.3, 0.4) is 0 Å². The summed E-state index contributed by atoms with van der Waals surface area (Å²) in [7, 11) is 3.96. The van der Waals surface area contributed by atoms with Crippen molar-refractivity contribution in [1.29, 1.82) is 0 Å². The fourth-order valence-corrected chi connectivity index (χ4v) is 2.59. The number of hydrogen-bond acceptors (Lipinski definition) is 3. The summed E-state index contributed by atoms with van der Waals surface area (Å²) in [5.74, 6) is 0.157. The maximum atomic E-state index is 12.7. The van der Waals surface area contributed by atoms with E-state index in [0.29, 0.717) is 28.6 Å². The Kier molecular flexibility index (Phi) is 5.08. The first-order valence-corrected chi connectivity index (χ1v) is 7.18. The van der Waals surface area contributed by atoms with Crippen LogP contribution in [0, 0.1) is 0 Å². The van der Waals surface area contributed by atoms with E-state index in [1.807, 2.05) is 44.4 Å². The van der Waals surface area contributed by atoms with Crippen LogP contribution in [0.25, 0.3) is 22.1 Å². The van der Waals surface area contributed by atoms with Crippen molar-refractivity contribution in [2.75, 3.05) is 14.1 Å². The zero-order chi connectivity index (χ0) is 15.7. The average Bonchev–Trinajstić information content (AvgIpc) is 2.51. The van der Waals surface area contributed by atoms with E-state index in [1.165, 1.54) is 6.26 Å².